The topological polar surface area (TPSA) is 98.3 Å². The first-order valence-corrected chi connectivity index (χ1v) is 13.7. The molecule has 0 saturated carbocycles. The highest BCUT2D eigenvalue weighted by atomic mass is 79.9. The van der Waals surface area contributed by atoms with Crippen LogP contribution < -0.4 is 9.47 Å². The van der Waals surface area contributed by atoms with Crippen LogP contribution in [-0.4, -0.2) is 34.8 Å². The molecule has 1 N–H and O–H groups in total. The first kappa shape index (κ1) is 27.3. The number of methoxy groups -OCH3 is 2. The number of halogens is 1. The number of aromatic nitrogens is 2. The third-order valence-electron chi connectivity index (χ3n) is 6.77. The summed E-state index contributed by atoms with van der Waals surface area (Å²) in [6.45, 7) is 4.85. The molecule has 0 radical (unpaired) electrons. The molecule has 0 atom stereocenters. The van der Waals surface area contributed by atoms with Gasteiger partial charge in [-0.1, -0.05) is 41.9 Å². The Balaban J connectivity index is 1.61. The number of rotatable bonds is 8. The summed E-state index contributed by atoms with van der Waals surface area (Å²) in [6.07, 6.45) is 0.864. The van der Waals surface area contributed by atoms with Gasteiger partial charge in [-0.3, -0.25) is 4.79 Å². The quantitative estimate of drug-likeness (QED) is 0.180. The molecule has 204 valence electrons. The predicted octanol–water partition coefficient (Wildman–Crippen LogP) is 8.31. The fraction of sp³-hybridized carbons (Fsp3) is 0.226. The van der Waals surface area contributed by atoms with Crippen molar-refractivity contribution in [1.82, 2.24) is 9.55 Å². The molecule has 0 aliphatic rings. The van der Waals surface area contributed by atoms with Crippen LogP contribution in [0.3, 0.4) is 0 Å². The van der Waals surface area contributed by atoms with E-state index in [2.05, 4.69) is 40.0 Å². The van der Waals surface area contributed by atoms with E-state index in [1.165, 1.54) is 0 Å². The van der Waals surface area contributed by atoms with Crippen LogP contribution in [-0.2, 0) is 6.54 Å². The molecule has 0 aliphatic carbocycles. The largest absolute Gasteiger partial charge is 0.497 e. The molecule has 2 heterocycles. The summed E-state index contributed by atoms with van der Waals surface area (Å²) in [5.74, 6) is 1.04. The van der Waals surface area contributed by atoms with E-state index >= 15 is 0 Å². The van der Waals surface area contributed by atoms with Gasteiger partial charge in [0.05, 0.1) is 36.5 Å². The zero-order valence-electron chi connectivity index (χ0n) is 22.7. The van der Waals surface area contributed by atoms with E-state index in [1.54, 1.807) is 43.1 Å². The van der Waals surface area contributed by atoms with Gasteiger partial charge in [-0.15, -0.1) is 10.2 Å². The number of carbonyl (C=O) groups excluding carboxylic acids is 1. The maximum atomic E-state index is 13.6. The second-order valence-electron chi connectivity index (χ2n) is 9.84. The van der Waals surface area contributed by atoms with Gasteiger partial charge in [0.25, 0.3) is 5.91 Å². The molecule has 0 bridgehead atoms. The van der Waals surface area contributed by atoms with Crippen molar-refractivity contribution in [3.8, 4) is 28.6 Å². The lowest BCUT2D eigenvalue weighted by Gasteiger charge is -2.09. The first-order valence-electron chi connectivity index (χ1n) is 12.9. The molecular weight excluding hydrogens is 572 g/mol. The van der Waals surface area contributed by atoms with E-state index in [0.29, 0.717) is 51.5 Å². The van der Waals surface area contributed by atoms with Gasteiger partial charge in [0.1, 0.15) is 11.5 Å². The number of hydrogen-bond donors (Lipinski definition) is 1. The minimum Gasteiger partial charge on any atom is -0.497 e. The van der Waals surface area contributed by atoms with E-state index in [4.69, 9.17) is 14.5 Å². The van der Waals surface area contributed by atoms with E-state index in [9.17, 15) is 9.90 Å². The third kappa shape index (κ3) is 5.42. The smallest absolute Gasteiger partial charge is 0.296 e. The average Bonchev–Trinajstić information content (AvgIpc) is 3.23. The van der Waals surface area contributed by atoms with Crippen molar-refractivity contribution in [2.75, 3.05) is 14.2 Å². The second kappa shape index (κ2) is 11.5. The van der Waals surface area contributed by atoms with Crippen LogP contribution in [0, 0.1) is 5.92 Å². The number of aromatic hydroxyl groups is 1. The maximum absolute atomic E-state index is 13.6. The fourth-order valence-electron chi connectivity index (χ4n) is 4.57. The molecule has 0 unspecified atom stereocenters. The summed E-state index contributed by atoms with van der Waals surface area (Å²) in [4.78, 5) is 18.4. The van der Waals surface area contributed by atoms with Crippen molar-refractivity contribution >= 4 is 49.3 Å². The zero-order valence-corrected chi connectivity index (χ0v) is 24.3. The number of aryl methyl sites for hydroxylation is 1. The Morgan fingerprint density at radius 1 is 0.975 bits per heavy atom. The summed E-state index contributed by atoms with van der Waals surface area (Å²) >= 11 is 3.46. The van der Waals surface area contributed by atoms with Gasteiger partial charge in [-0.2, -0.15) is 0 Å². The van der Waals surface area contributed by atoms with Gasteiger partial charge in [-0.25, -0.2) is 4.98 Å². The molecule has 40 heavy (non-hydrogen) atoms. The molecule has 0 fully saturated rings. The highest BCUT2D eigenvalue weighted by molar-refractivity contribution is 9.10. The van der Waals surface area contributed by atoms with E-state index in [0.717, 1.165) is 22.0 Å². The molecule has 0 aliphatic heterocycles. The number of carbonyl (C=O) groups is 1. The van der Waals surface area contributed by atoms with Crippen molar-refractivity contribution in [3.63, 3.8) is 0 Å². The summed E-state index contributed by atoms with van der Waals surface area (Å²) in [5, 5.41) is 20.8. The lowest BCUT2D eigenvalue weighted by Crippen LogP contribution is -2.00. The van der Waals surface area contributed by atoms with Gasteiger partial charge in [0.2, 0.25) is 5.88 Å². The molecule has 0 spiro atoms. The molecule has 2 aromatic heterocycles. The van der Waals surface area contributed by atoms with Gasteiger partial charge >= 0.3 is 0 Å². The van der Waals surface area contributed by atoms with Gasteiger partial charge in [-0.05, 0) is 66.9 Å². The molecule has 3 aromatic carbocycles. The minimum absolute atomic E-state index is 0.0442. The number of hydrogen-bond acceptors (Lipinski definition) is 6. The minimum atomic E-state index is -0.565. The normalized spacial score (nSPS) is 11.7. The molecule has 5 aromatic rings. The Hall–Kier alpha value is -4.24. The molecule has 9 heteroatoms. The lowest BCUT2D eigenvalue weighted by molar-refractivity contribution is 0.0996. The number of ether oxygens (including phenoxy) is 2. The third-order valence-corrected chi connectivity index (χ3v) is 7.30. The van der Waals surface area contributed by atoms with E-state index < -0.39 is 5.91 Å². The zero-order chi connectivity index (χ0) is 28.4. The first-order chi connectivity index (χ1) is 19.3. The molecule has 8 nitrogen and oxygen atoms in total. The SMILES string of the molecule is COc1ccc2nc(-c3ccc(Br)cc3)cc(C(=O)N=Nc3c(O)n(CCC(C)C)c4ccc(OC)cc34)c2c1. The lowest BCUT2D eigenvalue weighted by atomic mass is 10.0. The van der Waals surface area contributed by atoms with Gasteiger partial charge in [0, 0.05) is 27.4 Å². The Kier molecular flexibility index (Phi) is 7.84. The summed E-state index contributed by atoms with van der Waals surface area (Å²) in [6, 6.07) is 20.3. The molecule has 1 amide bonds. The van der Waals surface area contributed by atoms with Crippen molar-refractivity contribution in [2.45, 2.75) is 26.8 Å². The van der Waals surface area contributed by atoms with Crippen molar-refractivity contribution < 1.29 is 19.4 Å². The predicted molar refractivity (Wildman–Crippen MR) is 160 cm³/mol. The highest BCUT2D eigenvalue weighted by Crippen LogP contribution is 2.41. The average molecular weight is 602 g/mol. The standard InChI is InChI=1S/C31H29BrN4O4/c1-18(2)13-14-36-28-12-10-22(40-4)16-25(28)29(31(36)38)34-35-30(37)24-17-27(19-5-7-20(32)8-6-19)33-26-11-9-21(39-3)15-23(24)26/h5-12,15-18,38H,13-14H2,1-4H3. The number of benzene rings is 3. The van der Waals surface area contributed by atoms with E-state index in [-0.39, 0.29) is 11.6 Å². The van der Waals surface area contributed by atoms with Crippen LogP contribution >= 0.6 is 15.9 Å². The Bertz CT molecular complexity index is 1740. The Labute approximate surface area is 240 Å². The molecule has 0 saturated heterocycles. The van der Waals surface area contributed by atoms with Gasteiger partial charge < -0.3 is 19.1 Å². The Morgan fingerprint density at radius 3 is 2.33 bits per heavy atom. The van der Waals surface area contributed by atoms with Crippen LogP contribution in [0.25, 0.3) is 33.1 Å². The Morgan fingerprint density at radius 2 is 1.65 bits per heavy atom. The number of azo groups is 1. The summed E-state index contributed by atoms with van der Waals surface area (Å²) < 4.78 is 13.5. The number of pyridine rings is 1. The van der Waals surface area contributed by atoms with Crippen LogP contribution in [0.15, 0.2) is 81.4 Å². The maximum Gasteiger partial charge on any atom is 0.296 e. The number of fused-ring (bicyclic) bond motifs is 2. The monoisotopic (exact) mass is 600 g/mol. The number of amides is 1. The summed E-state index contributed by atoms with van der Waals surface area (Å²) in [5.41, 5.74) is 3.43. The van der Waals surface area contributed by atoms with Crippen molar-refractivity contribution in [2.24, 2.45) is 16.1 Å². The highest BCUT2D eigenvalue weighted by Gasteiger charge is 2.20. The molecule has 5 rings (SSSR count). The van der Waals surface area contributed by atoms with Crippen LogP contribution in [0.1, 0.15) is 30.6 Å². The van der Waals surface area contributed by atoms with Crippen LogP contribution in [0.2, 0.25) is 0 Å². The van der Waals surface area contributed by atoms with E-state index in [1.807, 2.05) is 42.5 Å². The van der Waals surface area contributed by atoms with Crippen molar-refractivity contribution in [1.29, 1.82) is 0 Å². The summed E-state index contributed by atoms with van der Waals surface area (Å²) in [7, 11) is 3.14. The second-order valence-corrected chi connectivity index (χ2v) is 10.8. The van der Waals surface area contributed by atoms with Crippen LogP contribution in [0.4, 0.5) is 5.69 Å². The van der Waals surface area contributed by atoms with Gasteiger partial charge in [0.15, 0.2) is 5.69 Å². The van der Waals surface area contributed by atoms with Crippen LogP contribution in [0.5, 0.6) is 17.4 Å². The van der Waals surface area contributed by atoms with Crippen molar-refractivity contribution in [3.05, 3.63) is 76.8 Å². The number of nitrogens with zero attached hydrogens (tertiary/aromatic N) is 4. The molecular formula is C31H29BrN4O4. The fourth-order valence-corrected chi connectivity index (χ4v) is 4.83.